The number of hydrogen-bond acceptors (Lipinski definition) is 5. The Hall–Kier alpha value is -3.11. The van der Waals surface area contributed by atoms with Crippen LogP contribution < -0.4 is 4.90 Å². The molecule has 0 bridgehead atoms. The van der Waals surface area contributed by atoms with E-state index < -0.39 is 0 Å². The summed E-state index contributed by atoms with van der Waals surface area (Å²) >= 11 is 6.11. The van der Waals surface area contributed by atoms with Gasteiger partial charge in [-0.05, 0) is 42.8 Å². The normalized spacial score (nSPS) is 14.3. The predicted molar refractivity (Wildman–Crippen MR) is 107 cm³/mol. The van der Waals surface area contributed by atoms with Crippen LogP contribution in [0.15, 0.2) is 36.5 Å². The van der Waals surface area contributed by atoms with Crippen molar-refractivity contribution in [2.24, 2.45) is 0 Å². The number of pyridine rings is 1. The van der Waals surface area contributed by atoms with Gasteiger partial charge in [-0.25, -0.2) is 9.67 Å². The van der Waals surface area contributed by atoms with Gasteiger partial charge < -0.3 is 9.80 Å². The summed E-state index contributed by atoms with van der Waals surface area (Å²) in [6, 6.07) is 11.6. The van der Waals surface area contributed by atoms with E-state index in [4.69, 9.17) is 11.6 Å². The zero-order chi connectivity index (χ0) is 19.7. The number of anilines is 1. The number of piperazine rings is 1. The predicted octanol–water partition coefficient (Wildman–Crippen LogP) is 2.61. The highest BCUT2D eigenvalue weighted by Crippen LogP contribution is 2.23. The number of amides is 1. The molecule has 1 aliphatic rings. The number of hydrogen-bond donors (Lipinski definition) is 0. The van der Waals surface area contributed by atoms with E-state index in [1.165, 1.54) is 4.68 Å². The van der Waals surface area contributed by atoms with Crippen molar-refractivity contribution in [2.75, 3.05) is 31.1 Å². The minimum Gasteiger partial charge on any atom is -0.368 e. The monoisotopic (exact) mass is 394 g/mol. The first kappa shape index (κ1) is 18.3. The lowest BCUT2D eigenvalue weighted by Gasteiger charge is -2.36. The van der Waals surface area contributed by atoms with Crippen molar-refractivity contribution in [3.05, 3.63) is 52.8 Å². The van der Waals surface area contributed by atoms with Crippen LogP contribution in [0.25, 0.3) is 11.0 Å². The van der Waals surface area contributed by atoms with E-state index >= 15 is 0 Å². The molecule has 3 heterocycles. The van der Waals surface area contributed by atoms with Gasteiger partial charge in [0.2, 0.25) is 5.91 Å². The number of aryl methyl sites for hydroxylation is 1. The fourth-order valence-electron chi connectivity index (χ4n) is 3.47. The topological polar surface area (TPSA) is 78.0 Å². The first-order valence-electron chi connectivity index (χ1n) is 9.07. The van der Waals surface area contributed by atoms with Crippen molar-refractivity contribution in [2.45, 2.75) is 13.5 Å². The first-order chi connectivity index (χ1) is 13.6. The summed E-state index contributed by atoms with van der Waals surface area (Å²) in [5.74, 6) is -0.0218. The lowest BCUT2D eigenvalue weighted by atomic mass is 10.2. The maximum absolute atomic E-state index is 12.8. The maximum atomic E-state index is 12.8. The largest absolute Gasteiger partial charge is 0.368 e. The Morgan fingerprint density at radius 3 is 2.75 bits per heavy atom. The number of fused-ring (bicyclic) bond motifs is 1. The van der Waals surface area contributed by atoms with Gasteiger partial charge in [0.1, 0.15) is 12.6 Å². The van der Waals surface area contributed by atoms with Crippen LogP contribution in [-0.4, -0.2) is 51.8 Å². The number of benzene rings is 1. The van der Waals surface area contributed by atoms with E-state index in [2.05, 4.69) is 27.1 Å². The van der Waals surface area contributed by atoms with Crippen molar-refractivity contribution >= 4 is 34.2 Å². The van der Waals surface area contributed by atoms with Crippen molar-refractivity contribution in [3.63, 3.8) is 0 Å². The van der Waals surface area contributed by atoms with Crippen LogP contribution in [0.3, 0.4) is 0 Å². The molecular weight excluding hydrogens is 376 g/mol. The zero-order valence-electron chi connectivity index (χ0n) is 15.5. The molecule has 0 unspecified atom stereocenters. The Morgan fingerprint density at radius 2 is 2.04 bits per heavy atom. The van der Waals surface area contributed by atoms with Gasteiger partial charge in [-0.3, -0.25) is 4.79 Å². The van der Waals surface area contributed by atoms with Crippen molar-refractivity contribution in [3.8, 4) is 6.07 Å². The summed E-state index contributed by atoms with van der Waals surface area (Å²) in [6.45, 7) is 4.86. The number of carbonyl (C=O) groups is 1. The van der Waals surface area contributed by atoms with Gasteiger partial charge in [-0.2, -0.15) is 10.4 Å². The molecule has 3 aromatic rings. The second kappa shape index (κ2) is 7.49. The van der Waals surface area contributed by atoms with E-state index in [0.717, 1.165) is 29.4 Å². The molecule has 7 nitrogen and oxygen atoms in total. The van der Waals surface area contributed by atoms with Gasteiger partial charge in [-0.1, -0.05) is 11.6 Å². The standard InChI is InChI=1S/C20H19ClN6O/c1-14-11-15(4-5-17(14)21)25-7-9-26(10-8-25)19(28)13-27-20-16(3-2-6-23-20)18(12-22)24-27/h2-6,11H,7-10,13H2,1H3. The van der Waals surface area contributed by atoms with E-state index in [1.54, 1.807) is 18.3 Å². The van der Waals surface area contributed by atoms with E-state index in [-0.39, 0.29) is 12.5 Å². The number of rotatable bonds is 3. The Morgan fingerprint density at radius 1 is 1.25 bits per heavy atom. The quantitative estimate of drug-likeness (QED) is 0.682. The fraction of sp³-hybridized carbons (Fsp3) is 0.300. The molecule has 2 aromatic heterocycles. The molecular formula is C20H19ClN6O. The number of nitriles is 1. The Balaban J connectivity index is 1.43. The molecule has 1 aromatic carbocycles. The summed E-state index contributed by atoms with van der Waals surface area (Å²) in [6.07, 6.45) is 1.64. The van der Waals surface area contributed by atoms with Crippen LogP contribution in [0.5, 0.6) is 0 Å². The van der Waals surface area contributed by atoms with Crippen molar-refractivity contribution < 1.29 is 4.79 Å². The number of nitrogens with zero attached hydrogens (tertiary/aromatic N) is 6. The average molecular weight is 395 g/mol. The highest BCUT2D eigenvalue weighted by Gasteiger charge is 2.23. The molecule has 1 saturated heterocycles. The molecule has 0 saturated carbocycles. The highest BCUT2D eigenvalue weighted by atomic mass is 35.5. The number of aromatic nitrogens is 3. The van der Waals surface area contributed by atoms with Crippen LogP contribution >= 0.6 is 11.6 Å². The molecule has 0 N–H and O–H groups in total. The van der Waals surface area contributed by atoms with Crippen LogP contribution in [-0.2, 0) is 11.3 Å². The van der Waals surface area contributed by atoms with Gasteiger partial charge in [0.15, 0.2) is 11.3 Å². The first-order valence-corrected chi connectivity index (χ1v) is 9.45. The third-order valence-corrected chi connectivity index (χ3v) is 5.46. The van der Waals surface area contributed by atoms with Crippen molar-refractivity contribution in [1.29, 1.82) is 5.26 Å². The smallest absolute Gasteiger partial charge is 0.244 e. The molecule has 142 valence electrons. The van der Waals surface area contributed by atoms with E-state index in [1.807, 2.05) is 24.0 Å². The zero-order valence-corrected chi connectivity index (χ0v) is 16.2. The Bertz CT molecular complexity index is 1080. The second-order valence-corrected chi connectivity index (χ2v) is 7.20. The Labute approximate surface area is 167 Å². The van der Waals surface area contributed by atoms with Crippen LogP contribution in [0.1, 0.15) is 11.3 Å². The number of halogens is 1. The molecule has 0 radical (unpaired) electrons. The Kier molecular flexibility index (Phi) is 4.88. The molecule has 0 spiro atoms. The summed E-state index contributed by atoms with van der Waals surface area (Å²) in [4.78, 5) is 21.1. The molecule has 0 atom stereocenters. The van der Waals surface area contributed by atoms with Crippen LogP contribution in [0.4, 0.5) is 5.69 Å². The van der Waals surface area contributed by atoms with Gasteiger partial charge >= 0.3 is 0 Å². The summed E-state index contributed by atoms with van der Waals surface area (Å²) < 4.78 is 1.52. The SMILES string of the molecule is Cc1cc(N2CCN(C(=O)Cn3nc(C#N)c4cccnc43)CC2)ccc1Cl. The van der Waals surface area contributed by atoms with Gasteiger partial charge in [0.25, 0.3) is 0 Å². The minimum atomic E-state index is -0.0218. The van der Waals surface area contributed by atoms with Gasteiger partial charge in [-0.15, -0.1) is 0 Å². The van der Waals surface area contributed by atoms with E-state index in [0.29, 0.717) is 29.8 Å². The summed E-state index contributed by atoms with van der Waals surface area (Å²) in [5.41, 5.74) is 3.01. The third kappa shape index (κ3) is 3.39. The molecule has 0 aliphatic carbocycles. The molecule has 4 rings (SSSR count). The molecule has 1 fully saturated rings. The number of carbonyl (C=O) groups excluding carboxylic acids is 1. The molecule has 1 amide bonds. The van der Waals surface area contributed by atoms with Gasteiger partial charge in [0, 0.05) is 43.1 Å². The minimum absolute atomic E-state index is 0.0218. The summed E-state index contributed by atoms with van der Waals surface area (Å²) in [5, 5.41) is 14.9. The average Bonchev–Trinajstić information content (AvgIpc) is 3.08. The van der Waals surface area contributed by atoms with Crippen LogP contribution in [0, 0.1) is 18.3 Å². The molecule has 8 heteroatoms. The van der Waals surface area contributed by atoms with Crippen molar-refractivity contribution in [1.82, 2.24) is 19.7 Å². The lowest BCUT2D eigenvalue weighted by molar-refractivity contribution is -0.132. The second-order valence-electron chi connectivity index (χ2n) is 6.79. The third-order valence-electron chi connectivity index (χ3n) is 5.04. The maximum Gasteiger partial charge on any atom is 0.244 e. The fourth-order valence-corrected chi connectivity index (χ4v) is 3.59. The molecule has 28 heavy (non-hydrogen) atoms. The lowest BCUT2D eigenvalue weighted by Crippen LogP contribution is -2.49. The van der Waals surface area contributed by atoms with Gasteiger partial charge in [0.05, 0.1) is 5.39 Å². The van der Waals surface area contributed by atoms with Crippen LogP contribution in [0.2, 0.25) is 5.02 Å². The summed E-state index contributed by atoms with van der Waals surface area (Å²) in [7, 11) is 0. The molecule has 1 aliphatic heterocycles. The van der Waals surface area contributed by atoms with E-state index in [9.17, 15) is 10.1 Å². The highest BCUT2D eigenvalue weighted by molar-refractivity contribution is 6.31.